The second kappa shape index (κ2) is 26.0. The molecule has 1 saturated heterocycles. The van der Waals surface area contributed by atoms with Crippen LogP contribution in [0.25, 0.3) is 0 Å². The summed E-state index contributed by atoms with van der Waals surface area (Å²) in [6.45, 7) is 6.85. The molecule has 1 aliphatic heterocycles. The smallest absolute Gasteiger partial charge is 1.00 e. The Labute approximate surface area is 141 Å². The minimum atomic E-state index is 0. The molecular formula is C14H20Cl2SV. The molecule has 0 aliphatic carbocycles. The van der Waals surface area contributed by atoms with Crippen molar-refractivity contribution in [3.8, 4) is 0 Å². The minimum absolute atomic E-state index is 0. The van der Waals surface area contributed by atoms with Crippen LogP contribution in [-0.2, 0) is 18.6 Å². The van der Waals surface area contributed by atoms with E-state index in [2.05, 4.69) is 11.8 Å². The van der Waals surface area contributed by atoms with E-state index in [9.17, 15) is 0 Å². The van der Waals surface area contributed by atoms with Gasteiger partial charge in [0.25, 0.3) is 0 Å². The van der Waals surface area contributed by atoms with E-state index in [1.165, 1.54) is 30.4 Å². The summed E-state index contributed by atoms with van der Waals surface area (Å²) >= 11 is 2.07. The van der Waals surface area contributed by atoms with E-state index in [1.54, 1.807) is 6.08 Å². The van der Waals surface area contributed by atoms with Crippen LogP contribution in [0.1, 0.15) is 19.8 Å². The van der Waals surface area contributed by atoms with Gasteiger partial charge in [-0.25, -0.2) is 24.3 Å². The Balaban J connectivity index is -0.0000000754. The second-order valence-electron chi connectivity index (χ2n) is 3.00. The van der Waals surface area contributed by atoms with E-state index in [-0.39, 0.29) is 43.4 Å². The maximum Gasteiger partial charge on any atom is 4.00 e. The molecule has 0 aromatic heterocycles. The molecule has 1 aromatic rings. The third-order valence-electron chi connectivity index (χ3n) is 1.69. The molecule has 0 N–H and O–H groups in total. The summed E-state index contributed by atoms with van der Waals surface area (Å²) in [5, 5.41) is 0. The zero-order valence-electron chi connectivity index (χ0n) is 10.6. The fraction of sp³-hybridized carbons (Fsp3) is 0.357. The van der Waals surface area contributed by atoms with Gasteiger partial charge in [0.2, 0.25) is 0 Å². The van der Waals surface area contributed by atoms with Gasteiger partial charge in [0.05, 0.1) is 0 Å². The average molecular weight is 342 g/mol. The minimum Gasteiger partial charge on any atom is -1.00 e. The molecule has 1 aromatic carbocycles. The molecule has 1 aliphatic rings. The van der Waals surface area contributed by atoms with Crippen LogP contribution in [0.15, 0.2) is 48.6 Å². The van der Waals surface area contributed by atoms with Crippen molar-refractivity contribution in [3.63, 3.8) is 0 Å². The Morgan fingerprint density at radius 3 is 1.72 bits per heavy atom. The number of rotatable bonds is 1. The standard InChI is InChI=1S/C5H5.C5H7.C4H8S.2ClH.V/c1-2-4-5-3-1;1-3-5-4-2;1-2-4-5-3-1;;;/h1-5H;1,3-5H,2H3;1-4H2;2*1H;/q2*-1;;;;+4/p-2. The first-order chi connectivity index (χ1) is 7.41. The Kier molecular flexibility index (Phi) is 38.8. The van der Waals surface area contributed by atoms with Crippen LogP contribution in [-0.4, -0.2) is 11.5 Å². The van der Waals surface area contributed by atoms with Crippen molar-refractivity contribution in [1.29, 1.82) is 0 Å². The van der Waals surface area contributed by atoms with Gasteiger partial charge in [0.1, 0.15) is 0 Å². The maximum absolute atomic E-state index is 4.93. The Hall–Kier alpha value is 0.344. The number of halogens is 2. The predicted molar refractivity (Wildman–Crippen MR) is 72.3 cm³/mol. The molecule has 0 spiro atoms. The van der Waals surface area contributed by atoms with E-state index >= 15 is 0 Å². The van der Waals surface area contributed by atoms with Gasteiger partial charge in [0, 0.05) is 0 Å². The van der Waals surface area contributed by atoms with Crippen LogP contribution in [0.4, 0.5) is 0 Å². The van der Waals surface area contributed by atoms with Gasteiger partial charge in [-0.15, -0.1) is 0 Å². The first kappa shape index (κ1) is 26.8. The molecule has 1 radical (unpaired) electrons. The Morgan fingerprint density at radius 2 is 1.61 bits per heavy atom. The molecule has 0 saturated carbocycles. The predicted octanol–water partition coefficient (Wildman–Crippen LogP) is -1.52. The number of hydrogen-bond acceptors (Lipinski definition) is 1. The largest absolute Gasteiger partial charge is 4.00 e. The van der Waals surface area contributed by atoms with Gasteiger partial charge in [0.15, 0.2) is 0 Å². The zero-order chi connectivity index (χ0) is 11.2. The van der Waals surface area contributed by atoms with Crippen LogP contribution in [0, 0.1) is 6.58 Å². The summed E-state index contributed by atoms with van der Waals surface area (Å²) in [7, 11) is 0. The number of thioether (sulfide) groups is 1. The van der Waals surface area contributed by atoms with Crippen LogP contribution < -0.4 is 24.8 Å². The monoisotopic (exact) mass is 341 g/mol. The van der Waals surface area contributed by atoms with E-state index in [1.807, 2.05) is 43.3 Å². The van der Waals surface area contributed by atoms with Crippen LogP contribution >= 0.6 is 11.8 Å². The SMILES string of the molecule is C1CCSC1.[CH-]=CC=CC.[Cl-].[Cl-].[V+4].c1cc[cH-]c1. The fourth-order valence-corrected chi connectivity index (χ4v) is 1.96. The summed E-state index contributed by atoms with van der Waals surface area (Å²) < 4.78 is 0. The van der Waals surface area contributed by atoms with E-state index in [4.69, 9.17) is 6.58 Å². The number of hydrogen-bond donors (Lipinski definition) is 0. The molecule has 4 heteroatoms. The normalized spacial score (nSPS) is 11.4. The topological polar surface area (TPSA) is 0 Å². The van der Waals surface area contributed by atoms with Gasteiger partial charge in [-0.3, -0.25) is 6.58 Å². The van der Waals surface area contributed by atoms with Gasteiger partial charge in [-0.2, -0.15) is 36.0 Å². The fourth-order valence-electron chi connectivity index (χ4n) is 0.942. The molecule has 0 amide bonds. The van der Waals surface area contributed by atoms with Crippen LogP contribution in [0.3, 0.4) is 0 Å². The van der Waals surface area contributed by atoms with Gasteiger partial charge in [-0.05, 0) is 24.3 Å². The van der Waals surface area contributed by atoms with Crippen LogP contribution in [0.2, 0.25) is 0 Å². The first-order valence-corrected chi connectivity index (χ1v) is 6.48. The molecule has 0 bridgehead atoms. The van der Waals surface area contributed by atoms with Crippen molar-refractivity contribution < 1.29 is 43.4 Å². The molecular weight excluding hydrogens is 322 g/mol. The van der Waals surface area contributed by atoms with Crippen molar-refractivity contribution in [3.05, 3.63) is 55.1 Å². The summed E-state index contributed by atoms with van der Waals surface area (Å²) in [5.74, 6) is 2.83. The third kappa shape index (κ3) is 25.3. The van der Waals surface area contributed by atoms with Crippen molar-refractivity contribution in [2.45, 2.75) is 19.8 Å². The molecule has 1 heterocycles. The quantitative estimate of drug-likeness (QED) is 0.441. The third-order valence-corrected chi connectivity index (χ3v) is 2.84. The number of allylic oxidation sites excluding steroid dienone is 3. The van der Waals surface area contributed by atoms with Crippen molar-refractivity contribution in [2.24, 2.45) is 0 Å². The van der Waals surface area contributed by atoms with Crippen molar-refractivity contribution in [2.75, 3.05) is 11.5 Å². The molecule has 2 rings (SSSR count). The molecule has 101 valence electrons. The van der Waals surface area contributed by atoms with E-state index in [0.717, 1.165) is 0 Å². The van der Waals surface area contributed by atoms with Gasteiger partial charge in [-0.1, -0.05) is 6.92 Å². The molecule has 18 heavy (non-hydrogen) atoms. The molecule has 0 unspecified atom stereocenters. The maximum atomic E-state index is 4.93. The second-order valence-corrected chi connectivity index (χ2v) is 4.22. The van der Waals surface area contributed by atoms with Gasteiger partial charge < -0.3 is 24.8 Å². The van der Waals surface area contributed by atoms with Gasteiger partial charge >= 0.3 is 18.6 Å². The molecule has 0 nitrogen and oxygen atoms in total. The van der Waals surface area contributed by atoms with E-state index in [0.29, 0.717) is 0 Å². The summed E-state index contributed by atoms with van der Waals surface area (Å²) in [6, 6.07) is 10.0. The Morgan fingerprint density at radius 1 is 1.11 bits per heavy atom. The van der Waals surface area contributed by atoms with Crippen molar-refractivity contribution >= 4 is 11.8 Å². The molecule has 1 fully saturated rings. The molecule has 0 atom stereocenters. The Bertz CT molecular complexity index is 207. The van der Waals surface area contributed by atoms with Crippen molar-refractivity contribution in [1.82, 2.24) is 0 Å². The average Bonchev–Trinajstić information content (AvgIpc) is 2.99. The summed E-state index contributed by atoms with van der Waals surface area (Å²) in [5.41, 5.74) is 0. The summed E-state index contributed by atoms with van der Waals surface area (Å²) in [4.78, 5) is 0. The van der Waals surface area contributed by atoms with Crippen LogP contribution in [0.5, 0.6) is 0 Å². The zero-order valence-corrected chi connectivity index (χ0v) is 14.4. The first-order valence-electron chi connectivity index (χ1n) is 5.32. The van der Waals surface area contributed by atoms with E-state index < -0.39 is 0 Å². The summed E-state index contributed by atoms with van der Waals surface area (Å²) in [6.07, 6.45) is 8.08.